The third-order valence-electron chi connectivity index (χ3n) is 11.8. The normalized spacial score (nSPS) is 23.6. The first-order chi connectivity index (χ1) is 29.9. The van der Waals surface area contributed by atoms with Crippen molar-refractivity contribution in [3.8, 4) is 86.2 Å². The molecule has 18 nitrogen and oxygen atoms in total. The summed E-state index contributed by atoms with van der Waals surface area (Å²) >= 11 is 0. The molecule has 3 aliphatic heterocycles. The number of aliphatic hydroxyl groups is 3. The Balaban J connectivity index is 1.29. The third-order valence-corrected chi connectivity index (χ3v) is 11.8. The highest BCUT2D eigenvalue weighted by molar-refractivity contribution is 5.70. The molecule has 8 atom stereocenters. The van der Waals surface area contributed by atoms with Crippen molar-refractivity contribution in [1.82, 2.24) is 0 Å². The van der Waals surface area contributed by atoms with Crippen molar-refractivity contribution in [2.75, 3.05) is 0 Å². The van der Waals surface area contributed by atoms with Gasteiger partial charge in [0.05, 0.1) is 17.9 Å². The van der Waals surface area contributed by atoms with Crippen LogP contribution in [0.5, 0.6) is 86.2 Å². The van der Waals surface area contributed by atoms with Crippen LogP contribution in [0.15, 0.2) is 78.9 Å². The number of ether oxygens (including phenoxy) is 3. The summed E-state index contributed by atoms with van der Waals surface area (Å²) in [6.45, 7) is 0. The first-order valence-corrected chi connectivity index (χ1v) is 19.3. The number of phenolic OH excluding ortho intramolecular Hbond substituents is 12. The average molecular weight is 867 g/mol. The van der Waals surface area contributed by atoms with Crippen LogP contribution in [0, 0.1) is 0 Å². The van der Waals surface area contributed by atoms with Crippen molar-refractivity contribution >= 4 is 0 Å². The van der Waals surface area contributed by atoms with Gasteiger partial charge < -0.3 is 90.8 Å². The zero-order valence-electron chi connectivity index (χ0n) is 32.3. The van der Waals surface area contributed by atoms with Gasteiger partial charge in [-0.2, -0.15) is 0 Å². The molecule has 0 saturated heterocycles. The van der Waals surface area contributed by atoms with Crippen molar-refractivity contribution in [2.45, 2.75) is 54.9 Å². The van der Waals surface area contributed by atoms with Crippen LogP contribution in [0.2, 0.25) is 0 Å². The highest BCUT2D eigenvalue weighted by atomic mass is 16.5. The van der Waals surface area contributed by atoms with Crippen LogP contribution in [-0.2, 0) is 6.42 Å². The molecule has 63 heavy (non-hydrogen) atoms. The molecule has 18 heteroatoms. The molecule has 15 N–H and O–H groups in total. The fourth-order valence-corrected chi connectivity index (χ4v) is 8.93. The Hall–Kier alpha value is -7.80. The van der Waals surface area contributed by atoms with Crippen LogP contribution in [0.1, 0.15) is 74.7 Å². The van der Waals surface area contributed by atoms with Crippen molar-refractivity contribution in [1.29, 1.82) is 0 Å². The maximum Gasteiger partial charge on any atom is 0.157 e. The summed E-state index contributed by atoms with van der Waals surface area (Å²) in [5.74, 6) is -11.5. The van der Waals surface area contributed by atoms with Gasteiger partial charge in [0.1, 0.15) is 70.1 Å². The minimum absolute atomic E-state index is 0.0518. The van der Waals surface area contributed by atoms with E-state index in [0.717, 1.165) is 60.7 Å². The van der Waals surface area contributed by atoms with Crippen molar-refractivity contribution < 1.29 is 90.8 Å². The summed E-state index contributed by atoms with van der Waals surface area (Å²) in [7, 11) is 0. The second-order valence-corrected chi connectivity index (χ2v) is 15.7. The van der Waals surface area contributed by atoms with Crippen molar-refractivity contribution in [3.63, 3.8) is 0 Å². The van der Waals surface area contributed by atoms with Gasteiger partial charge >= 0.3 is 0 Å². The molecule has 6 aromatic carbocycles. The number of aromatic hydroxyl groups is 12. The molecular formula is C45H38O18. The van der Waals surface area contributed by atoms with Crippen LogP contribution in [0.25, 0.3) is 0 Å². The molecule has 8 unspecified atom stereocenters. The summed E-state index contributed by atoms with van der Waals surface area (Å²) in [5.41, 5.74) is -1.20. The van der Waals surface area contributed by atoms with E-state index in [0.29, 0.717) is 0 Å². The highest BCUT2D eigenvalue weighted by Crippen LogP contribution is 2.61. The van der Waals surface area contributed by atoms with Gasteiger partial charge in [-0.25, -0.2) is 0 Å². The van der Waals surface area contributed by atoms with Crippen molar-refractivity contribution in [3.05, 3.63) is 123 Å². The molecule has 0 aliphatic carbocycles. The van der Waals surface area contributed by atoms with E-state index >= 15 is 0 Å². The van der Waals surface area contributed by atoms with E-state index in [1.165, 1.54) is 18.2 Å². The zero-order valence-corrected chi connectivity index (χ0v) is 32.3. The van der Waals surface area contributed by atoms with E-state index in [4.69, 9.17) is 14.2 Å². The lowest BCUT2D eigenvalue weighted by molar-refractivity contribution is -0.000173. The molecule has 3 aliphatic rings. The number of hydrogen-bond acceptors (Lipinski definition) is 18. The smallest absolute Gasteiger partial charge is 0.157 e. The van der Waals surface area contributed by atoms with Gasteiger partial charge in [-0.1, -0.05) is 18.2 Å². The Morgan fingerprint density at radius 3 is 1.37 bits per heavy atom. The largest absolute Gasteiger partial charge is 0.508 e. The van der Waals surface area contributed by atoms with E-state index in [-0.39, 0.29) is 62.6 Å². The lowest BCUT2D eigenvalue weighted by Crippen LogP contribution is -2.38. The Labute approximate surface area is 354 Å². The van der Waals surface area contributed by atoms with Crippen LogP contribution >= 0.6 is 0 Å². The minimum Gasteiger partial charge on any atom is -0.508 e. The molecule has 0 fully saturated rings. The Bertz CT molecular complexity index is 2840. The number of fused-ring (bicyclic) bond motifs is 3. The summed E-state index contributed by atoms with van der Waals surface area (Å²) in [6.07, 6.45) is -9.81. The molecule has 326 valence electrons. The molecular weight excluding hydrogens is 828 g/mol. The maximum atomic E-state index is 12.6. The van der Waals surface area contributed by atoms with Gasteiger partial charge in [-0.15, -0.1) is 0 Å². The number of rotatable bonds is 5. The topological polar surface area (TPSA) is 331 Å². The zero-order chi connectivity index (χ0) is 44.9. The molecule has 0 spiro atoms. The standard InChI is InChI=1S/C45H38O18/c46-18-10-27(54)33-31(11-18)61-43(16-2-5-21(48)25(52)8-16)40(59)37(33)34-29(56)14-32-36(39(34)58)38(41(60)44(62-32)17-3-6-22(49)26(53)9-17)35-28(55)13-23(50)19-12-30(57)42(63-45(19)35)15-1-4-20(47)24(51)7-15/h1-11,13-14,30,37-38,40-44,46-60H,12H2. The summed E-state index contributed by atoms with van der Waals surface area (Å²) < 4.78 is 18.6. The van der Waals surface area contributed by atoms with Crippen LogP contribution in [0.3, 0.4) is 0 Å². The fourth-order valence-electron chi connectivity index (χ4n) is 8.93. The highest BCUT2D eigenvalue weighted by Gasteiger charge is 2.50. The van der Waals surface area contributed by atoms with Gasteiger partial charge in [0.25, 0.3) is 0 Å². The third kappa shape index (κ3) is 6.46. The molecule has 6 aromatic rings. The summed E-state index contributed by atoms with van der Waals surface area (Å²) in [6, 6.07) is 14.6. The molecule has 9 rings (SSSR count). The van der Waals surface area contributed by atoms with Crippen LogP contribution in [-0.4, -0.2) is 94.9 Å². The van der Waals surface area contributed by atoms with Crippen LogP contribution in [0.4, 0.5) is 0 Å². The fraction of sp³-hybridized carbons (Fsp3) is 0.200. The summed E-state index contributed by atoms with van der Waals surface area (Å²) in [4.78, 5) is 0. The van der Waals surface area contributed by atoms with E-state index < -0.39 is 123 Å². The lowest BCUT2D eigenvalue weighted by Gasteiger charge is -2.42. The monoisotopic (exact) mass is 866 g/mol. The SMILES string of the molecule is Oc1cc(O)c2c(c1)OC(c1ccc(O)c(O)c1)C(O)C2c1c(O)cc2c(c1O)C(c1c(O)cc(O)c3c1OC(c1ccc(O)c(O)c1)C(O)C3)C(O)C(c1ccc(O)c(O)c1)O2. The predicted molar refractivity (Wildman–Crippen MR) is 214 cm³/mol. The molecule has 0 radical (unpaired) electrons. The minimum atomic E-state index is -1.90. The maximum absolute atomic E-state index is 12.6. The van der Waals surface area contributed by atoms with E-state index in [1.807, 2.05) is 0 Å². The Morgan fingerprint density at radius 1 is 0.381 bits per heavy atom. The lowest BCUT2D eigenvalue weighted by atomic mass is 9.74. The van der Waals surface area contributed by atoms with Gasteiger partial charge in [-0.05, 0) is 53.1 Å². The van der Waals surface area contributed by atoms with E-state index in [2.05, 4.69) is 0 Å². The second-order valence-electron chi connectivity index (χ2n) is 15.7. The molecule has 0 saturated carbocycles. The first-order valence-electron chi connectivity index (χ1n) is 19.3. The molecule has 0 amide bonds. The summed E-state index contributed by atoms with van der Waals surface area (Å²) in [5, 5.41) is 166. The first kappa shape index (κ1) is 40.6. The molecule has 0 bridgehead atoms. The van der Waals surface area contributed by atoms with Gasteiger partial charge in [-0.3, -0.25) is 0 Å². The van der Waals surface area contributed by atoms with E-state index in [9.17, 15) is 76.6 Å². The van der Waals surface area contributed by atoms with E-state index in [1.54, 1.807) is 0 Å². The predicted octanol–water partition coefficient (Wildman–Crippen LogP) is 4.44. The average Bonchev–Trinajstić information content (AvgIpc) is 3.22. The number of hydrogen-bond donors (Lipinski definition) is 15. The quantitative estimate of drug-likeness (QED) is 0.106. The molecule has 3 heterocycles. The number of phenols is 12. The van der Waals surface area contributed by atoms with Gasteiger partial charge in [0, 0.05) is 58.5 Å². The Morgan fingerprint density at radius 2 is 0.841 bits per heavy atom. The number of aliphatic hydroxyl groups excluding tert-OH is 3. The Kier molecular flexibility index (Phi) is 9.46. The van der Waals surface area contributed by atoms with Gasteiger partial charge in [0.15, 0.2) is 46.7 Å². The van der Waals surface area contributed by atoms with Gasteiger partial charge in [0.2, 0.25) is 0 Å². The van der Waals surface area contributed by atoms with Crippen LogP contribution < -0.4 is 14.2 Å². The molecule has 0 aromatic heterocycles. The second kappa shape index (κ2) is 14.7. The number of benzene rings is 6. The van der Waals surface area contributed by atoms with Crippen molar-refractivity contribution in [2.24, 2.45) is 0 Å².